The summed E-state index contributed by atoms with van der Waals surface area (Å²) in [5.41, 5.74) is 3.37. The Balaban J connectivity index is 1.67. The Morgan fingerprint density at radius 2 is 1.69 bits per heavy atom. The van der Waals surface area contributed by atoms with E-state index < -0.39 is 11.8 Å². The maximum absolute atomic E-state index is 12.4. The van der Waals surface area contributed by atoms with Crippen molar-refractivity contribution in [2.75, 3.05) is 0 Å². The number of aryl methyl sites for hydroxylation is 2. The Labute approximate surface area is 149 Å². The molecule has 1 aliphatic heterocycles. The fourth-order valence-electron chi connectivity index (χ4n) is 3.13. The average molecular weight is 348 g/mol. The summed E-state index contributed by atoms with van der Waals surface area (Å²) >= 11 is 0. The fourth-order valence-corrected chi connectivity index (χ4v) is 3.13. The Bertz CT molecular complexity index is 1040. The van der Waals surface area contributed by atoms with Gasteiger partial charge in [-0.2, -0.15) is 10.1 Å². The van der Waals surface area contributed by atoms with Crippen molar-refractivity contribution in [2.24, 2.45) is 5.10 Å². The van der Waals surface area contributed by atoms with E-state index in [1.54, 1.807) is 24.3 Å². The smallest absolute Gasteiger partial charge is 0.282 e. The van der Waals surface area contributed by atoms with Crippen LogP contribution in [0.3, 0.4) is 0 Å². The number of imide groups is 1. The molecule has 0 fully saturated rings. The highest BCUT2D eigenvalue weighted by Crippen LogP contribution is 2.23. The summed E-state index contributed by atoms with van der Waals surface area (Å²) in [6.45, 7) is 5.69. The summed E-state index contributed by atoms with van der Waals surface area (Å²) < 4.78 is 7.07. The van der Waals surface area contributed by atoms with Gasteiger partial charge in [-0.25, -0.2) is 0 Å². The zero-order chi connectivity index (χ0) is 18.4. The highest BCUT2D eigenvalue weighted by Gasteiger charge is 2.35. The molecule has 7 heteroatoms. The molecule has 0 saturated carbocycles. The number of fused-ring (bicyclic) bond motifs is 1. The number of benzene rings is 1. The first-order chi connectivity index (χ1) is 12.5. The first-order valence-electron chi connectivity index (χ1n) is 8.12. The summed E-state index contributed by atoms with van der Waals surface area (Å²) in [6.07, 6.45) is 1.52. The third-order valence-electron chi connectivity index (χ3n) is 4.40. The predicted octanol–water partition coefficient (Wildman–Crippen LogP) is 3.02. The minimum atomic E-state index is -0.414. The SMILES string of the molecule is Cc1cc(-n2c(C)cc(/C=N\N3C(=O)c4ccccc4C3=O)c2C)no1. The van der Waals surface area contributed by atoms with Crippen molar-refractivity contribution in [1.29, 1.82) is 0 Å². The van der Waals surface area contributed by atoms with E-state index >= 15 is 0 Å². The molecule has 4 rings (SSSR count). The molecule has 7 nitrogen and oxygen atoms in total. The van der Waals surface area contributed by atoms with E-state index in [-0.39, 0.29) is 0 Å². The van der Waals surface area contributed by atoms with Crippen LogP contribution >= 0.6 is 0 Å². The summed E-state index contributed by atoms with van der Waals surface area (Å²) in [7, 11) is 0. The van der Waals surface area contributed by atoms with Crippen LogP contribution in [0, 0.1) is 20.8 Å². The number of nitrogens with zero attached hydrogens (tertiary/aromatic N) is 4. The molecule has 0 bridgehead atoms. The van der Waals surface area contributed by atoms with Gasteiger partial charge in [0.15, 0.2) is 5.82 Å². The van der Waals surface area contributed by atoms with Crippen LogP contribution in [0.15, 0.2) is 46.0 Å². The maximum Gasteiger partial charge on any atom is 0.282 e. The molecule has 2 amide bonds. The lowest BCUT2D eigenvalue weighted by Gasteiger charge is -2.06. The second kappa shape index (κ2) is 5.80. The molecule has 0 atom stereocenters. The Kier molecular flexibility index (Phi) is 3.57. The van der Waals surface area contributed by atoms with Crippen molar-refractivity contribution >= 4 is 18.0 Å². The van der Waals surface area contributed by atoms with Crippen molar-refractivity contribution in [3.63, 3.8) is 0 Å². The molecule has 0 saturated heterocycles. The normalized spacial score (nSPS) is 13.9. The number of carbonyl (C=O) groups excluding carboxylic acids is 2. The molecule has 0 spiro atoms. The molecule has 3 aromatic rings. The van der Waals surface area contributed by atoms with Crippen LogP contribution in [0.1, 0.15) is 43.4 Å². The molecule has 130 valence electrons. The summed E-state index contributed by atoms with van der Waals surface area (Å²) in [4.78, 5) is 24.7. The van der Waals surface area contributed by atoms with E-state index in [1.165, 1.54) is 6.21 Å². The largest absolute Gasteiger partial charge is 0.360 e. The highest BCUT2D eigenvalue weighted by atomic mass is 16.5. The fraction of sp³-hybridized carbons (Fsp3) is 0.158. The number of aromatic nitrogens is 2. The molecule has 1 aromatic carbocycles. The van der Waals surface area contributed by atoms with Crippen molar-refractivity contribution in [3.05, 3.63) is 70.2 Å². The third kappa shape index (κ3) is 2.36. The van der Waals surface area contributed by atoms with E-state index in [9.17, 15) is 9.59 Å². The van der Waals surface area contributed by atoms with Crippen LogP contribution in [0.5, 0.6) is 0 Å². The average Bonchev–Trinajstić information content (AvgIpc) is 3.24. The summed E-state index contributed by atoms with van der Waals surface area (Å²) in [5.74, 6) is 0.567. The van der Waals surface area contributed by atoms with Crippen molar-refractivity contribution < 1.29 is 14.1 Å². The van der Waals surface area contributed by atoms with Crippen molar-refractivity contribution in [2.45, 2.75) is 20.8 Å². The molecule has 2 aromatic heterocycles. The van der Waals surface area contributed by atoms with Gasteiger partial charge < -0.3 is 4.52 Å². The van der Waals surface area contributed by atoms with Gasteiger partial charge >= 0.3 is 0 Å². The topological polar surface area (TPSA) is 80.7 Å². The minimum Gasteiger partial charge on any atom is -0.360 e. The predicted molar refractivity (Wildman–Crippen MR) is 94.6 cm³/mol. The lowest BCUT2D eigenvalue weighted by molar-refractivity contribution is 0.0660. The van der Waals surface area contributed by atoms with Crippen molar-refractivity contribution in [1.82, 2.24) is 14.7 Å². The molecule has 0 radical (unpaired) electrons. The zero-order valence-corrected chi connectivity index (χ0v) is 14.6. The van der Waals surface area contributed by atoms with Gasteiger partial charge in [-0.15, -0.1) is 0 Å². The monoisotopic (exact) mass is 348 g/mol. The summed E-state index contributed by atoms with van der Waals surface area (Å²) in [6, 6.07) is 10.5. The lowest BCUT2D eigenvalue weighted by atomic mass is 10.1. The van der Waals surface area contributed by atoms with Gasteiger partial charge in [-0.05, 0) is 39.0 Å². The number of hydrogen-bond acceptors (Lipinski definition) is 5. The van der Waals surface area contributed by atoms with E-state index in [2.05, 4.69) is 10.3 Å². The van der Waals surface area contributed by atoms with Gasteiger partial charge in [0.2, 0.25) is 0 Å². The van der Waals surface area contributed by atoms with Crippen molar-refractivity contribution in [3.8, 4) is 5.82 Å². The van der Waals surface area contributed by atoms with Gasteiger partial charge in [0.05, 0.1) is 17.3 Å². The quantitative estimate of drug-likeness (QED) is 0.538. The van der Waals surface area contributed by atoms with Crippen LogP contribution in [-0.2, 0) is 0 Å². The third-order valence-corrected chi connectivity index (χ3v) is 4.40. The van der Waals surface area contributed by atoms with Crippen LogP contribution in [0.2, 0.25) is 0 Å². The number of carbonyl (C=O) groups is 2. The van der Waals surface area contributed by atoms with E-state index in [0.717, 1.165) is 22.0 Å². The number of hydrogen-bond donors (Lipinski definition) is 0. The zero-order valence-electron chi connectivity index (χ0n) is 14.6. The first kappa shape index (κ1) is 16.0. The molecule has 0 unspecified atom stereocenters. The van der Waals surface area contributed by atoms with E-state index in [4.69, 9.17) is 4.52 Å². The second-order valence-corrected chi connectivity index (χ2v) is 6.17. The van der Waals surface area contributed by atoms with Gasteiger partial charge in [0, 0.05) is 23.0 Å². The van der Waals surface area contributed by atoms with Crippen LogP contribution in [-0.4, -0.2) is 32.8 Å². The van der Waals surface area contributed by atoms with Gasteiger partial charge in [0.25, 0.3) is 11.8 Å². The van der Waals surface area contributed by atoms with Gasteiger partial charge in [-0.3, -0.25) is 14.2 Å². The number of rotatable bonds is 3. The maximum atomic E-state index is 12.4. The van der Waals surface area contributed by atoms with E-state index in [0.29, 0.717) is 22.7 Å². The molecule has 0 N–H and O–H groups in total. The summed E-state index contributed by atoms with van der Waals surface area (Å²) in [5, 5.41) is 9.07. The second-order valence-electron chi connectivity index (χ2n) is 6.17. The standard InChI is InChI=1S/C19H16N4O3/c1-11-8-14(13(3)22(11)17-9-12(2)26-21-17)10-20-23-18(24)15-6-4-5-7-16(15)19(23)25/h4-10H,1-3H3/b20-10-. The Morgan fingerprint density at radius 1 is 1.04 bits per heavy atom. The Morgan fingerprint density at radius 3 is 2.27 bits per heavy atom. The molecule has 1 aliphatic rings. The van der Waals surface area contributed by atoms with Gasteiger partial charge in [0.1, 0.15) is 5.76 Å². The molecule has 3 heterocycles. The first-order valence-corrected chi connectivity index (χ1v) is 8.12. The molecule has 0 aliphatic carbocycles. The van der Waals surface area contributed by atoms with Crippen LogP contribution < -0.4 is 0 Å². The van der Waals surface area contributed by atoms with Crippen LogP contribution in [0.25, 0.3) is 5.82 Å². The highest BCUT2D eigenvalue weighted by molar-refractivity contribution is 6.21. The molecule has 26 heavy (non-hydrogen) atoms. The Hall–Kier alpha value is -3.48. The van der Waals surface area contributed by atoms with Gasteiger partial charge in [-0.1, -0.05) is 17.3 Å². The molecular weight excluding hydrogens is 332 g/mol. The number of amides is 2. The minimum absolute atomic E-state index is 0.373. The van der Waals surface area contributed by atoms with E-state index in [1.807, 2.05) is 37.5 Å². The lowest BCUT2D eigenvalue weighted by Crippen LogP contribution is -2.24. The van der Waals surface area contributed by atoms with Crippen LogP contribution in [0.4, 0.5) is 0 Å². The molecular formula is C19H16N4O3. The number of hydrazone groups is 1.